The van der Waals surface area contributed by atoms with Crippen LogP contribution in [0.25, 0.3) is 18.0 Å². The van der Waals surface area contributed by atoms with Crippen LogP contribution in [0.3, 0.4) is 0 Å². The second kappa shape index (κ2) is 5.12. The Hall–Kier alpha value is -3.01. The Labute approximate surface area is 169 Å². The van der Waals surface area contributed by atoms with Crippen molar-refractivity contribution in [2.75, 3.05) is 5.32 Å². The first-order valence-electron chi connectivity index (χ1n) is 10.6. The molecule has 0 bridgehead atoms. The maximum atomic E-state index is 8.22. The molecule has 5 unspecified atom stereocenters. The van der Waals surface area contributed by atoms with E-state index in [2.05, 4.69) is 65.8 Å². The van der Waals surface area contributed by atoms with Crippen molar-refractivity contribution in [2.24, 2.45) is 11.8 Å². The molecule has 2 N–H and O–H groups in total. The number of nitrogens with one attached hydrogen (secondary N) is 2. The molecule has 0 spiro atoms. The number of allylic oxidation sites excluding steroid dienone is 5. The number of fused-ring (bicyclic) bond motifs is 10. The lowest BCUT2D eigenvalue weighted by Crippen LogP contribution is -2.43. The van der Waals surface area contributed by atoms with Crippen molar-refractivity contribution in [3.63, 3.8) is 0 Å². The van der Waals surface area contributed by atoms with Crippen LogP contribution in [0.5, 0.6) is 0 Å². The third-order valence-corrected chi connectivity index (χ3v) is 7.50. The van der Waals surface area contributed by atoms with Gasteiger partial charge in [-0.25, -0.2) is 4.98 Å². The van der Waals surface area contributed by atoms with Crippen molar-refractivity contribution < 1.29 is 0 Å². The molecule has 1 aliphatic heterocycles. The molecule has 144 valence electrons. The highest BCUT2D eigenvalue weighted by atomic mass is 15.3. The van der Waals surface area contributed by atoms with Crippen LogP contribution < -0.4 is 16.0 Å². The van der Waals surface area contributed by atoms with Crippen molar-refractivity contribution in [1.82, 2.24) is 9.66 Å². The monoisotopic (exact) mass is 379 g/mol. The summed E-state index contributed by atoms with van der Waals surface area (Å²) < 4.78 is 1.48. The molecule has 2 heterocycles. The Morgan fingerprint density at radius 1 is 1.00 bits per heavy atom. The Morgan fingerprint density at radius 3 is 2.52 bits per heavy atom. The summed E-state index contributed by atoms with van der Waals surface area (Å²) in [5, 5.41) is 5.59. The standard InChI is InChI=1S/C25H23N4/c1-12-4-3-5-14-6-15-16-7-19-18(8-17(16)20(15)9-23(14)27-12)21-10-24-25(11-22(19)21)29(26)13(2)28-24/h3-4,6-12,16-17,21-22,26-27H,5H2,1-2H3/q-1. The van der Waals surface area contributed by atoms with Gasteiger partial charge in [-0.05, 0) is 60.2 Å². The van der Waals surface area contributed by atoms with E-state index in [-0.39, 0.29) is 0 Å². The van der Waals surface area contributed by atoms with E-state index < -0.39 is 0 Å². The molecular weight excluding hydrogens is 356 g/mol. The average molecular weight is 379 g/mol. The van der Waals surface area contributed by atoms with Gasteiger partial charge < -0.3 is 15.8 Å². The third-order valence-electron chi connectivity index (χ3n) is 7.50. The molecule has 1 saturated carbocycles. The van der Waals surface area contributed by atoms with Crippen LogP contribution in [-0.4, -0.2) is 15.7 Å². The van der Waals surface area contributed by atoms with Crippen molar-refractivity contribution >= 4 is 17.8 Å². The molecule has 2 aromatic rings. The van der Waals surface area contributed by atoms with Gasteiger partial charge in [-0.1, -0.05) is 36.4 Å². The van der Waals surface area contributed by atoms with E-state index in [1.165, 1.54) is 38.2 Å². The highest BCUT2D eigenvalue weighted by Gasteiger charge is 2.47. The topological polar surface area (TPSA) is 53.7 Å². The highest BCUT2D eigenvalue weighted by molar-refractivity contribution is 5.72. The molecule has 5 aliphatic rings. The van der Waals surface area contributed by atoms with Gasteiger partial charge in [-0.3, -0.25) is 0 Å². The van der Waals surface area contributed by atoms with Crippen LogP contribution in [0, 0.1) is 18.8 Å². The van der Waals surface area contributed by atoms with Gasteiger partial charge in [0.1, 0.15) is 0 Å². The van der Waals surface area contributed by atoms with Crippen molar-refractivity contribution in [3.8, 4) is 0 Å². The molecule has 4 aliphatic carbocycles. The van der Waals surface area contributed by atoms with E-state index >= 15 is 0 Å². The van der Waals surface area contributed by atoms with Crippen LogP contribution in [0.2, 0.25) is 0 Å². The van der Waals surface area contributed by atoms with Crippen molar-refractivity contribution in [2.45, 2.75) is 38.1 Å². The summed E-state index contributed by atoms with van der Waals surface area (Å²) in [5.41, 5.74) is 8.68. The molecule has 7 rings (SSSR count). The maximum Gasteiger partial charge on any atom is 0.0924 e. The van der Waals surface area contributed by atoms with Crippen molar-refractivity contribution in [1.29, 1.82) is 0 Å². The molecule has 1 aromatic heterocycles. The largest absolute Gasteiger partial charge is 0.630 e. The van der Waals surface area contributed by atoms with Gasteiger partial charge >= 0.3 is 0 Å². The number of rotatable bonds is 0. The Bertz CT molecular complexity index is 1320. The molecule has 4 nitrogen and oxygen atoms in total. The van der Waals surface area contributed by atoms with Crippen LogP contribution >= 0.6 is 0 Å². The summed E-state index contributed by atoms with van der Waals surface area (Å²) in [6.07, 6.45) is 15.2. The summed E-state index contributed by atoms with van der Waals surface area (Å²) in [6, 6.07) is 5.22. The first kappa shape index (κ1) is 15.9. The molecule has 0 radical (unpaired) electrons. The lowest BCUT2D eigenvalue weighted by atomic mass is 9.54. The van der Waals surface area contributed by atoms with Gasteiger partial charge in [0.2, 0.25) is 0 Å². The predicted molar refractivity (Wildman–Crippen MR) is 116 cm³/mol. The smallest absolute Gasteiger partial charge is 0.0924 e. The highest BCUT2D eigenvalue weighted by Crippen LogP contribution is 2.60. The van der Waals surface area contributed by atoms with E-state index in [1.807, 2.05) is 6.92 Å². The minimum atomic E-state index is 0.385. The molecule has 5 atom stereocenters. The molecule has 29 heavy (non-hydrogen) atoms. The number of benzene rings is 1. The van der Waals surface area contributed by atoms with E-state index in [4.69, 9.17) is 5.84 Å². The van der Waals surface area contributed by atoms with Gasteiger partial charge in [0.25, 0.3) is 0 Å². The minimum absolute atomic E-state index is 0.385. The number of hydrogen-bond donors (Lipinski definition) is 1. The number of nitrogens with zero attached hydrogens (tertiary/aromatic N) is 2. The SMILES string of the molecule is Cc1nc2c(n1[NH-])=CC1C3=CC4c5cc6c(cc5C4C=C3C1C=2)NC(C)C=CC6. The Morgan fingerprint density at radius 2 is 1.72 bits per heavy atom. The maximum absolute atomic E-state index is 8.22. The first-order chi connectivity index (χ1) is 14.1. The lowest BCUT2D eigenvalue weighted by molar-refractivity contribution is 0.511. The van der Waals surface area contributed by atoms with Crippen LogP contribution in [0.15, 0.2) is 47.6 Å². The molecule has 1 aromatic carbocycles. The third kappa shape index (κ3) is 1.92. The zero-order valence-corrected chi connectivity index (χ0v) is 16.6. The van der Waals surface area contributed by atoms with Crippen LogP contribution in [0.4, 0.5) is 5.69 Å². The molecule has 4 heteroatoms. The van der Waals surface area contributed by atoms with Crippen molar-refractivity contribution in [3.05, 3.63) is 86.6 Å². The molecule has 0 amide bonds. The van der Waals surface area contributed by atoms with Gasteiger partial charge in [-0.2, -0.15) is 0 Å². The molecular formula is C25H23N4-. The number of imidazole rings is 1. The number of anilines is 1. The Balaban J connectivity index is 1.31. The fourth-order valence-electron chi connectivity index (χ4n) is 5.99. The number of aromatic nitrogens is 2. The zero-order valence-electron chi connectivity index (χ0n) is 16.6. The minimum Gasteiger partial charge on any atom is -0.630 e. The fraction of sp³-hybridized carbons (Fsp3) is 0.320. The summed E-state index contributed by atoms with van der Waals surface area (Å²) in [7, 11) is 0. The van der Waals surface area contributed by atoms with E-state index in [0.29, 0.717) is 29.7 Å². The second-order valence-corrected chi connectivity index (χ2v) is 9.15. The van der Waals surface area contributed by atoms with Gasteiger partial charge in [-0.15, -0.1) is 0 Å². The summed E-state index contributed by atoms with van der Waals surface area (Å²) >= 11 is 0. The first-order valence-corrected chi connectivity index (χ1v) is 10.6. The van der Waals surface area contributed by atoms with Gasteiger partial charge in [0.05, 0.1) is 16.5 Å². The molecule has 0 saturated heterocycles. The van der Waals surface area contributed by atoms with Gasteiger partial charge in [0, 0.05) is 35.4 Å². The van der Waals surface area contributed by atoms with Crippen LogP contribution in [-0.2, 0) is 6.42 Å². The lowest BCUT2D eigenvalue weighted by Gasteiger charge is -2.49. The fourth-order valence-corrected chi connectivity index (χ4v) is 5.99. The quantitative estimate of drug-likeness (QED) is 0.713. The summed E-state index contributed by atoms with van der Waals surface area (Å²) in [4.78, 5) is 4.58. The normalized spacial score (nSPS) is 31.9. The average Bonchev–Trinajstić information content (AvgIpc) is 2.85. The van der Waals surface area contributed by atoms with Crippen LogP contribution in [0.1, 0.15) is 41.3 Å². The Kier molecular flexibility index (Phi) is 2.80. The number of aryl methyl sites for hydroxylation is 1. The number of hydrogen-bond acceptors (Lipinski definition) is 2. The van der Waals surface area contributed by atoms with E-state index in [9.17, 15) is 0 Å². The second-order valence-electron chi connectivity index (χ2n) is 9.15. The van der Waals surface area contributed by atoms with E-state index in [0.717, 1.165) is 22.9 Å². The zero-order chi connectivity index (χ0) is 19.4. The summed E-state index contributed by atoms with van der Waals surface area (Å²) in [5.74, 6) is 10.8. The summed E-state index contributed by atoms with van der Waals surface area (Å²) in [6.45, 7) is 4.12. The van der Waals surface area contributed by atoms with E-state index in [1.54, 1.807) is 0 Å². The predicted octanol–water partition coefficient (Wildman–Crippen LogP) is 3.49. The molecule has 1 fully saturated rings. The van der Waals surface area contributed by atoms with Gasteiger partial charge in [0.15, 0.2) is 0 Å².